The molecule has 112 valence electrons. The molecule has 5 nitrogen and oxygen atoms in total. The monoisotopic (exact) mass is 295 g/mol. The van der Waals surface area contributed by atoms with E-state index >= 15 is 0 Å². The van der Waals surface area contributed by atoms with Crippen molar-refractivity contribution in [2.75, 3.05) is 6.61 Å². The summed E-state index contributed by atoms with van der Waals surface area (Å²) in [5.41, 5.74) is 3.62. The maximum absolute atomic E-state index is 12.2. The molecule has 22 heavy (non-hydrogen) atoms. The largest absolute Gasteiger partial charge is 0.462 e. The highest BCUT2D eigenvalue weighted by Crippen LogP contribution is 2.25. The number of nitrogens with zero attached hydrogens (tertiary/aromatic N) is 3. The number of carbonyl (C=O) groups is 1. The lowest BCUT2D eigenvalue weighted by Gasteiger charge is -2.06. The molecule has 0 atom stereocenters. The van der Waals surface area contributed by atoms with Crippen molar-refractivity contribution in [1.29, 1.82) is 0 Å². The SMILES string of the molecule is CCOC(=O)c1cc(C)nc2c1c(C)nn2-c1ccccc1. The molecule has 3 aromatic rings. The van der Waals surface area contributed by atoms with Gasteiger partial charge in [-0.1, -0.05) is 18.2 Å². The zero-order valence-corrected chi connectivity index (χ0v) is 12.8. The number of rotatable bonds is 3. The van der Waals surface area contributed by atoms with Gasteiger partial charge in [-0.25, -0.2) is 14.5 Å². The van der Waals surface area contributed by atoms with Gasteiger partial charge in [-0.15, -0.1) is 0 Å². The molecule has 3 rings (SSSR count). The zero-order valence-electron chi connectivity index (χ0n) is 12.8. The fourth-order valence-electron chi connectivity index (χ4n) is 2.53. The minimum absolute atomic E-state index is 0.339. The molecule has 0 bridgehead atoms. The molecule has 0 saturated heterocycles. The highest BCUT2D eigenvalue weighted by molar-refractivity contribution is 6.04. The molecule has 5 heteroatoms. The van der Waals surface area contributed by atoms with Crippen molar-refractivity contribution in [2.45, 2.75) is 20.8 Å². The average Bonchev–Trinajstić information content (AvgIpc) is 2.84. The van der Waals surface area contributed by atoms with E-state index in [0.29, 0.717) is 17.8 Å². The van der Waals surface area contributed by atoms with Gasteiger partial charge in [-0.05, 0) is 39.0 Å². The third-order valence-corrected chi connectivity index (χ3v) is 3.44. The van der Waals surface area contributed by atoms with Gasteiger partial charge in [0.25, 0.3) is 0 Å². The lowest BCUT2D eigenvalue weighted by Crippen LogP contribution is -2.07. The van der Waals surface area contributed by atoms with E-state index in [1.165, 1.54) is 0 Å². The summed E-state index contributed by atoms with van der Waals surface area (Å²) in [7, 11) is 0. The van der Waals surface area contributed by atoms with Crippen LogP contribution in [0.15, 0.2) is 36.4 Å². The van der Waals surface area contributed by atoms with Gasteiger partial charge in [0, 0.05) is 5.69 Å². The molecular weight excluding hydrogens is 278 g/mol. The van der Waals surface area contributed by atoms with Gasteiger partial charge in [0.2, 0.25) is 0 Å². The summed E-state index contributed by atoms with van der Waals surface area (Å²) in [5, 5.41) is 5.29. The average molecular weight is 295 g/mol. The van der Waals surface area contributed by atoms with Gasteiger partial charge in [0.1, 0.15) is 0 Å². The second kappa shape index (κ2) is 5.60. The quantitative estimate of drug-likeness (QED) is 0.696. The van der Waals surface area contributed by atoms with Crippen LogP contribution in [0.4, 0.5) is 0 Å². The van der Waals surface area contributed by atoms with Crippen LogP contribution in [-0.4, -0.2) is 27.3 Å². The normalized spacial score (nSPS) is 10.9. The number of hydrogen-bond donors (Lipinski definition) is 0. The molecule has 0 aliphatic rings. The first-order valence-corrected chi connectivity index (χ1v) is 7.21. The summed E-state index contributed by atoms with van der Waals surface area (Å²) in [6.45, 7) is 5.87. The van der Waals surface area contributed by atoms with Crippen molar-refractivity contribution >= 4 is 17.0 Å². The number of aryl methyl sites for hydroxylation is 2. The lowest BCUT2D eigenvalue weighted by molar-refractivity contribution is 0.0528. The van der Waals surface area contributed by atoms with Gasteiger partial charge >= 0.3 is 5.97 Å². The Morgan fingerprint density at radius 2 is 1.95 bits per heavy atom. The second-order valence-electron chi connectivity index (χ2n) is 5.06. The minimum Gasteiger partial charge on any atom is -0.462 e. The van der Waals surface area contributed by atoms with Crippen LogP contribution >= 0.6 is 0 Å². The number of ether oxygens (including phenoxy) is 1. The van der Waals surface area contributed by atoms with Crippen molar-refractivity contribution in [1.82, 2.24) is 14.8 Å². The molecule has 0 amide bonds. The van der Waals surface area contributed by atoms with E-state index in [9.17, 15) is 4.79 Å². The van der Waals surface area contributed by atoms with E-state index < -0.39 is 0 Å². The Hall–Kier alpha value is -2.69. The standard InChI is InChI=1S/C17H17N3O2/c1-4-22-17(21)14-10-11(2)18-16-15(14)12(3)19-20(16)13-8-6-5-7-9-13/h5-10H,4H2,1-3H3. The van der Waals surface area contributed by atoms with Crippen molar-refractivity contribution in [3.8, 4) is 5.69 Å². The Kier molecular flexibility index (Phi) is 3.63. The summed E-state index contributed by atoms with van der Waals surface area (Å²) in [5.74, 6) is -0.339. The van der Waals surface area contributed by atoms with E-state index in [4.69, 9.17) is 4.74 Å². The first-order valence-electron chi connectivity index (χ1n) is 7.21. The molecular formula is C17H17N3O2. The van der Waals surface area contributed by atoms with Crippen LogP contribution in [0.25, 0.3) is 16.7 Å². The molecule has 0 unspecified atom stereocenters. The Morgan fingerprint density at radius 3 is 2.64 bits per heavy atom. The Labute approximate surface area is 128 Å². The number of aromatic nitrogens is 3. The summed E-state index contributed by atoms with van der Waals surface area (Å²) >= 11 is 0. The first-order chi connectivity index (χ1) is 10.6. The number of pyridine rings is 1. The number of carbonyl (C=O) groups excluding carboxylic acids is 1. The van der Waals surface area contributed by atoms with Crippen LogP contribution in [0.3, 0.4) is 0 Å². The van der Waals surface area contributed by atoms with Crippen molar-refractivity contribution in [3.63, 3.8) is 0 Å². The predicted molar refractivity (Wildman–Crippen MR) is 84.3 cm³/mol. The molecule has 0 saturated carbocycles. The molecule has 0 radical (unpaired) electrons. The third-order valence-electron chi connectivity index (χ3n) is 3.44. The van der Waals surface area contributed by atoms with Crippen LogP contribution in [-0.2, 0) is 4.74 Å². The summed E-state index contributed by atoms with van der Waals surface area (Å²) < 4.78 is 6.92. The molecule has 0 aliphatic carbocycles. The Balaban J connectivity index is 2.29. The van der Waals surface area contributed by atoms with E-state index in [1.54, 1.807) is 17.7 Å². The number of para-hydroxylation sites is 1. The Morgan fingerprint density at radius 1 is 1.23 bits per heavy atom. The van der Waals surface area contributed by atoms with Crippen LogP contribution in [0.5, 0.6) is 0 Å². The number of fused-ring (bicyclic) bond motifs is 1. The zero-order chi connectivity index (χ0) is 15.7. The van der Waals surface area contributed by atoms with Crippen molar-refractivity contribution < 1.29 is 9.53 Å². The lowest BCUT2D eigenvalue weighted by atomic mass is 10.1. The highest BCUT2D eigenvalue weighted by atomic mass is 16.5. The number of esters is 1. The fraction of sp³-hybridized carbons (Fsp3) is 0.235. The van der Waals surface area contributed by atoms with Crippen molar-refractivity contribution in [3.05, 3.63) is 53.3 Å². The maximum atomic E-state index is 12.2. The van der Waals surface area contributed by atoms with E-state index in [0.717, 1.165) is 22.5 Å². The topological polar surface area (TPSA) is 57.0 Å². The molecule has 0 spiro atoms. The minimum atomic E-state index is -0.339. The summed E-state index contributed by atoms with van der Waals surface area (Å²) in [6.07, 6.45) is 0. The van der Waals surface area contributed by atoms with E-state index in [2.05, 4.69) is 10.1 Å². The van der Waals surface area contributed by atoms with E-state index in [1.807, 2.05) is 44.2 Å². The summed E-state index contributed by atoms with van der Waals surface area (Å²) in [4.78, 5) is 16.8. The van der Waals surface area contributed by atoms with Crippen LogP contribution in [0.2, 0.25) is 0 Å². The van der Waals surface area contributed by atoms with Gasteiger partial charge in [0.15, 0.2) is 5.65 Å². The molecule has 0 N–H and O–H groups in total. The van der Waals surface area contributed by atoms with Crippen molar-refractivity contribution in [2.24, 2.45) is 0 Å². The highest BCUT2D eigenvalue weighted by Gasteiger charge is 2.20. The molecule has 2 heterocycles. The molecule has 0 aliphatic heterocycles. The van der Waals surface area contributed by atoms with Crippen LogP contribution in [0.1, 0.15) is 28.7 Å². The molecule has 0 fully saturated rings. The fourth-order valence-corrected chi connectivity index (χ4v) is 2.53. The summed E-state index contributed by atoms with van der Waals surface area (Å²) in [6, 6.07) is 11.5. The van der Waals surface area contributed by atoms with Gasteiger partial charge < -0.3 is 4.74 Å². The van der Waals surface area contributed by atoms with Crippen LogP contribution in [0, 0.1) is 13.8 Å². The number of hydrogen-bond acceptors (Lipinski definition) is 4. The third kappa shape index (κ3) is 2.35. The second-order valence-corrected chi connectivity index (χ2v) is 5.06. The predicted octanol–water partition coefficient (Wildman–Crippen LogP) is 3.21. The molecule has 1 aromatic carbocycles. The first kappa shape index (κ1) is 14.3. The van der Waals surface area contributed by atoms with Crippen LogP contribution < -0.4 is 0 Å². The molecule has 2 aromatic heterocycles. The van der Waals surface area contributed by atoms with Gasteiger partial charge in [0.05, 0.1) is 28.9 Å². The number of benzene rings is 1. The Bertz CT molecular complexity index is 838. The van der Waals surface area contributed by atoms with Gasteiger partial charge in [-0.2, -0.15) is 5.10 Å². The van der Waals surface area contributed by atoms with Gasteiger partial charge in [-0.3, -0.25) is 0 Å². The van der Waals surface area contributed by atoms with E-state index in [-0.39, 0.29) is 5.97 Å². The maximum Gasteiger partial charge on any atom is 0.339 e. The smallest absolute Gasteiger partial charge is 0.339 e.